The molecule has 0 spiro atoms. The molecule has 2 aromatic rings. The van der Waals surface area contributed by atoms with Crippen LogP contribution in [0.1, 0.15) is 17.2 Å². The molecule has 5 nitrogen and oxygen atoms in total. The maximum absolute atomic E-state index is 13.8. The number of nitrogens with one attached hydrogen (secondary N) is 1. The van der Waals surface area contributed by atoms with Gasteiger partial charge in [0, 0.05) is 13.1 Å². The van der Waals surface area contributed by atoms with Crippen LogP contribution in [0.4, 0.5) is 13.6 Å². The lowest BCUT2D eigenvalue weighted by atomic mass is 9.95. The Hall–Kier alpha value is -3.48. The van der Waals surface area contributed by atoms with Gasteiger partial charge in [0.2, 0.25) is 0 Å². The van der Waals surface area contributed by atoms with Crippen LogP contribution >= 0.6 is 0 Å². The summed E-state index contributed by atoms with van der Waals surface area (Å²) in [6.07, 6.45) is 1.58. The second-order valence-electron chi connectivity index (χ2n) is 6.98. The fourth-order valence-corrected chi connectivity index (χ4v) is 3.74. The van der Waals surface area contributed by atoms with Gasteiger partial charge in [-0.3, -0.25) is 9.69 Å². The first-order valence-electron chi connectivity index (χ1n) is 9.19. The standard InChI is InChI=1S/C22H19F2N3O2/c1-2-10-27-18-13-26(12-14-6-8-16(23)9-7-14)21(28)19(18)20(25-22(27)29)15-4-3-5-17(24)11-15/h2-9,11,20H,1,10,12-13H2,(H,25,29). The number of carbonyl (C=O) groups excluding carboxylic acids is 2. The first-order valence-corrected chi connectivity index (χ1v) is 9.19. The number of benzene rings is 2. The number of urea groups is 1. The molecule has 2 aromatic carbocycles. The van der Waals surface area contributed by atoms with E-state index in [1.807, 2.05) is 0 Å². The zero-order valence-electron chi connectivity index (χ0n) is 15.6. The number of hydrogen-bond donors (Lipinski definition) is 1. The van der Waals surface area contributed by atoms with E-state index in [9.17, 15) is 18.4 Å². The summed E-state index contributed by atoms with van der Waals surface area (Å²) in [6, 6.07) is 10.7. The minimum Gasteiger partial charge on any atom is -0.329 e. The first kappa shape index (κ1) is 18.9. The predicted octanol–water partition coefficient (Wildman–Crippen LogP) is 3.51. The summed E-state index contributed by atoms with van der Waals surface area (Å²) in [6.45, 7) is 4.44. The third kappa shape index (κ3) is 3.51. The molecule has 2 aliphatic rings. The van der Waals surface area contributed by atoms with Crippen molar-refractivity contribution < 1.29 is 18.4 Å². The Labute approximate surface area is 166 Å². The van der Waals surface area contributed by atoms with E-state index in [1.165, 1.54) is 29.2 Å². The van der Waals surface area contributed by atoms with Gasteiger partial charge in [-0.1, -0.05) is 30.3 Å². The van der Waals surface area contributed by atoms with Gasteiger partial charge in [-0.2, -0.15) is 0 Å². The van der Waals surface area contributed by atoms with Gasteiger partial charge < -0.3 is 10.2 Å². The molecular formula is C22H19F2N3O2. The summed E-state index contributed by atoms with van der Waals surface area (Å²) < 4.78 is 27.0. The number of carbonyl (C=O) groups is 2. The van der Waals surface area contributed by atoms with Gasteiger partial charge in [-0.05, 0) is 35.4 Å². The number of hydrogen-bond acceptors (Lipinski definition) is 2. The van der Waals surface area contributed by atoms with Crippen molar-refractivity contribution in [3.8, 4) is 0 Å². The molecule has 4 rings (SSSR count). The maximum atomic E-state index is 13.8. The molecule has 29 heavy (non-hydrogen) atoms. The summed E-state index contributed by atoms with van der Waals surface area (Å²) in [5.41, 5.74) is 2.27. The molecule has 3 amide bonds. The molecule has 1 unspecified atom stereocenters. The van der Waals surface area contributed by atoms with Gasteiger partial charge in [-0.25, -0.2) is 13.6 Å². The van der Waals surface area contributed by atoms with Crippen LogP contribution in [-0.2, 0) is 11.3 Å². The Kier molecular flexibility index (Phi) is 4.88. The van der Waals surface area contributed by atoms with Crippen molar-refractivity contribution >= 4 is 11.9 Å². The number of halogens is 2. The summed E-state index contributed by atoms with van der Waals surface area (Å²) in [5, 5.41) is 2.81. The summed E-state index contributed by atoms with van der Waals surface area (Å²) in [5.74, 6) is -1.04. The smallest absolute Gasteiger partial charge is 0.322 e. The van der Waals surface area contributed by atoms with Crippen LogP contribution in [0.3, 0.4) is 0 Å². The molecule has 1 atom stereocenters. The van der Waals surface area contributed by atoms with E-state index in [1.54, 1.807) is 35.2 Å². The van der Waals surface area contributed by atoms with E-state index >= 15 is 0 Å². The van der Waals surface area contributed by atoms with E-state index in [-0.39, 0.29) is 37.4 Å². The fourth-order valence-electron chi connectivity index (χ4n) is 3.74. The van der Waals surface area contributed by atoms with Gasteiger partial charge in [0.1, 0.15) is 11.6 Å². The molecule has 1 N–H and O–H groups in total. The molecule has 0 saturated heterocycles. The lowest BCUT2D eigenvalue weighted by Crippen LogP contribution is -2.47. The first-order chi connectivity index (χ1) is 14.0. The lowest BCUT2D eigenvalue weighted by Gasteiger charge is -2.33. The van der Waals surface area contributed by atoms with Crippen molar-refractivity contribution in [2.75, 3.05) is 13.1 Å². The third-order valence-electron chi connectivity index (χ3n) is 5.08. The minimum atomic E-state index is -0.736. The van der Waals surface area contributed by atoms with E-state index in [0.717, 1.165) is 5.56 Å². The average Bonchev–Trinajstić information content (AvgIpc) is 3.02. The van der Waals surface area contributed by atoms with Gasteiger partial charge in [0.15, 0.2) is 0 Å². The molecule has 0 bridgehead atoms. The van der Waals surface area contributed by atoms with Crippen molar-refractivity contribution in [2.45, 2.75) is 12.6 Å². The highest BCUT2D eigenvalue weighted by Crippen LogP contribution is 2.36. The Balaban J connectivity index is 1.70. The van der Waals surface area contributed by atoms with E-state index in [2.05, 4.69) is 11.9 Å². The Bertz CT molecular complexity index is 1020. The SMILES string of the molecule is C=CCN1C(=O)NC(c2cccc(F)c2)C2=C1CN(Cc1ccc(F)cc1)C2=O. The monoisotopic (exact) mass is 395 g/mol. The maximum Gasteiger partial charge on any atom is 0.322 e. The van der Waals surface area contributed by atoms with Crippen LogP contribution in [-0.4, -0.2) is 34.8 Å². The second-order valence-corrected chi connectivity index (χ2v) is 6.98. The third-order valence-corrected chi connectivity index (χ3v) is 5.08. The van der Waals surface area contributed by atoms with E-state index in [4.69, 9.17) is 0 Å². The average molecular weight is 395 g/mol. The van der Waals surface area contributed by atoms with E-state index < -0.39 is 11.9 Å². The van der Waals surface area contributed by atoms with Gasteiger partial charge >= 0.3 is 6.03 Å². The molecule has 2 heterocycles. The van der Waals surface area contributed by atoms with Crippen molar-refractivity contribution in [3.05, 3.63) is 95.2 Å². The highest BCUT2D eigenvalue weighted by atomic mass is 19.1. The van der Waals surface area contributed by atoms with Crippen molar-refractivity contribution in [1.82, 2.24) is 15.1 Å². The number of amides is 3. The highest BCUT2D eigenvalue weighted by molar-refractivity contribution is 6.01. The van der Waals surface area contributed by atoms with Crippen LogP contribution in [0.5, 0.6) is 0 Å². The fraction of sp³-hybridized carbons (Fsp3) is 0.182. The summed E-state index contributed by atoms with van der Waals surface area (Å²) >= 11 is 0. The second kappa shape index (κ2) is 7.50. The lowest BCUT2D eigenvalue weighted by molar-refractivity contribution is -0.126. The van der Waals surface area contributed by atoms with Crippen LogP contribution in [0.15, 0.2) is 72.5 Å². The predicted molar refractivity (Wildman–Crippen MR) is 103 cm³/mol. The molecule has 2 aliphatic heterocycles. The molecule has 148 valence electrons. The molecule has 0 aromatic heterocycles. The Morgan fingerprint density at radius 3 is 2.55 bits per heavy atom. The largest absolute Gasteiger partial charge is 0.329 e. The molecule has 0 saturated carbocycles. The van der Waals surface area contributed by atoms with Crippen LogP contribution < -0.4 is 5.32 Å². The van der Waals surface area contributed by atoms with Gasteiger partial charge in [0.05, 0.1) is 23.9 Å². The zero-order valence-corrected chi connectivity index (χ0v) is 15.6. The Morgan fingerprint density at radius 1 is 1.10 bits per heavy atom. The molecule has 0 fully saturated rings. The topological polar surface area (TPSA) is 52.7 Å². The van der Waals surface area contributed by atoms with Crippen LogP contribution in [0.25, 0.3) is 0 Å². The van der Waals surface area contributed by atoms with E-state index in [0.29, 0.717) is 16.8 Å². The Morgan fingerprint density at radius 2 is 1.86 bits per heavy atom. The summed E-state index contributed by atoms with van der Waals surface area (Å²) in [7, 11) is 0. The molecule has 7 heteroatoms. The number of rotatable bonds is 5. The van der Waals surface area contributed by atoms with Crippen LogP contribution in [0, 0.1) is 11.6 Å². The quantitative estimate of drug-likeness (QED) is 0.788. The van der Waals surface area contributed by atoms with Crippen molar-refractivity contribution in [3.63, 3.8) is 0 Å². The van der Waals surface area contributed by atoms with Crippen LogP contribution in [0.2, 0.25) is 0 Å². The number of nitrogens with zero attached hydrogens (tertiary/aromatic N) is 2. The van der Waals surface area contributed by atoms with Crippen molar-refractivity contribution in [1.29, 1.82) is 0 Å². The zero-order chi connectivity index (χ0) is 20.5. The molecule has 0 aliphatic carbocycles. The molecular weight excluding hydrogens is 376 g/mol. The summed E-state index contributed by atoms with van der Waals surface area (Å²) in [4.78, 5) is 29.0. The minimum absolute atomic E-state index is 0.235. The van der Waals surface area contributed by atoms with Gasteiger partial charge in [-0.15, -0.1) is 6.58 Å². The highest BCUT2D eigenvalue weighted by Gasteiger charge is 2.43. The normalized spacial score (nSPS) is 18.8. The molecule has 0 radical (unpaired) electrons. The van der Waals surface area contributed by atoms with Crippen molar-refractivity contribution in [2.24, 2.45) is 0 Å². The van der Waals surface area contributed by atoms with Gasteiger partial charge in [0.25, 0.3) is 5.91 Å².